The first-order valence-electron chi connectivity index (χ1n) is 10.2. The highest BCUT2D eigenvalue weighted by molar-refractivity contribution is 9.10. The van der Waals surface area contributed by atoms with Gasteiger partial charge in [0.25, 0.3) is 5.91 Å². The molecule has 2 aromatic carbocycles. The van der Waals surface area contributed by atoms with Crippen molar-refractivity contribution < 1.29 is 14.3 Å². The minimum atomic E-state index is -0.177. The van der Waals surface area contributed by atoms with Gasteiger partial charge in [-0.05, 0) is 74.4 Å². The summed E-state index contributed by atoms with van der Waals surface area (Å²) in [6.07, 6.45) is 2.33. The zero-order valence-corrected chi connectivity index (χ0v) is 19.2. The smallest absolute Gasteiger partial charge is 0.255 e. The molecule has 0 aliphatic carbocycles. The van der Waals surface area contributed by atoms with Crippen LogP contribution in [0.2, 0.25) is 0 Å². The molecule has 162 valence electrons. The molecule has 3 aromatic rings. The highest BCUT2D eigenvalue weighted by Crippen LogP contribution is 2.28. The van der Waals surface area contributed by atoms with Crippen molar-refractivity contribution in [1.82, 2.24) is 10.3 Å². The van der Waals surface area contributed by atoms with E-state index in [0.29, 0.717) is 37.6 Å². The molecule has 0 saturated carbocycles. The maximum atomic E-state index is 12.8. The molecule has 31 heavy (non-hydrogen) atoms. The van der Waals surface area contributed by atoms with Crippen molar-refractivity contribution >= 4 is 33.3 Å². The number of amides is 1. The Bertz CT molecular complexity index is 1010. The molecule has 0 aliphatic rings. The average molecular weight is 484 g/mol. The van der Waals surface area contributed by atoms with Crippen LogP contribution in [0, 0.1) is 0 Å². The molecule has 0 unspecified atom stereocenters. The van der Waals surface area contributed by atoms with Gasteiger partial charge in [-0.15, -0.1) is 0 Å². The first-order valence-corrected chi connectivity index (χ1v) is 11.0. The molecule has 0 fully saturated rings. The molecule has 1 aromatic heterocycles. The summed E-state index contributed by atoms with van der Waals surface area (Å²) in [5.74, 6) is 1.79. The molecule has 3 rings (SSSR count). The van der Waals surface area contributed by atoms with E-state index < -0.39 is 0 Å². The number of nitrogens with zero attached hydrogens (tertiary/aromatic N) is 1. The molecule has 1 heterocycles. The van der Waals surface area contributed by atoms with E-state index in [0.717, 1.165) is 27.2 Å². The average Bonchev–Trinajstić information content (AvgIpc) is 2.77. The fourth-order valence-corrected chi connectivity index (χ4v) is 3.29. The molecule has 0 bridgehead atoms. The summed E-state index contributed by atoms with van der Waals surface area (Å²) in [4.78, 5) is 17.1. The second kappa shape index (κ2) is 11.4. The van der Waals surface area contributed by atoms with Crippen LogP contribution in [0.4, 0.5) is 11.5 Å². The van der Waals surface area contributed by atoms with Crippen molar-refractivity contribution in [2.24, 2.45) is 0 Å². The number of benzene rings is 2. The Morgan fingerprint density at radius 1 is 1.00 bits per heavy atom. The van der Waals surface area contributed by atoms with Gasteiger partial charge < -0.3 is 20.1 Å². The second-order valence-electron chi connectivity index (χ2n) is 6.68. The van der Waals surface area contributed by atoms with Gasteiger partial charge in [-0.1, -0.05) is 22.0 Å². The molecule has 0 radical (unpaired) electrons. The quantitative estimate of drug-likeness (QED) is 0.406. The van der Waals surface area contributed by atoms with Gasteiger partial charge in [0.15, 0.2) is 11.5 Å². The number of hydrogen-bond donors (Lipinski definition) is 2. The van der Waals surface area contributed by atoms with Gasteiger partial charge in [0.2, 0.25) is 0 Å². The summed E-state index contributed by atoms with van der Waals surface area (Å²) >= 11 is 3.42. The number of hydrogen-bond acceptors (Lipinski definition) is 5. The van der Waals surface area contributed by atoms with Crippen molar-refractivity contribution in [2.45, 2.75) is 20.3 Å². The molecule has 0 aliphatic heterocycles. The third-order valence-corrected chi connectivity index (χ3v) is 5.00. The van der Waals surface area contributed by atoms with Crippen molar-refractivity contribution in [1.29, 1.82) is 0 Å². The summed E-state index contributed by atoms with van der Waals surface area (Å²) in [6.45, 7) is 5.52. The largest absolute Gasteiger partial charge is 0.490 e. The van der Waals surface area contributed by atoms with E-state index in [1.165, 1.54) is 0 Å². The van der Waals surface area contributed by atoms with E-state index in [2.05, 4.69) is 31.5 Å². The van der Waals surface area contributed by atoms with Crippen LogP contribution in [-0.4, -0.2) is 30.6 Å². The normalized spacial score (nSPS) is 10.4. The Morgan fingerprint density at radius 3 is 2.48 bits per heavy atom. The van der Waals surface area contributed by atoms with Gasteiger partial charge in [-0.3, -0.25) is 4.79 Å². The number of ether oxygens (including phenoxy) is 2. The van der Waals surface area contributed by atoms with Crippen molar-refractivity contribution in [3.63, 3.8) is 0 Å². The molecule has 0 saturated heterocycles. The lowest BCUT2D eigenvalue weighted by molar-refractivity contribution is 0.0954. The van der Waals surface area contributed by atoms with E-state index in [1.54, 1.807) is 18.3 Å². The summed E-state index contributed by atoms with van der Waals surface area (Å²) in [5.41, 5.74) is 2.41. The van der Waals surface area contributed by atoms with Crippen LogP contribution in [0.1, 0.15) is 29.8 Å². The van der Waals surface area contributed by atoms with E-state index in [4.69, 9.17) is 9.47 Å². The summed E-state index contributed by atoms with van der Waals surface area (Å²) < 4.78 is 12.3. The molecule has 1 amide bonds. The molecule has 0 atom stereocenters. The minimum Gasteiger partial charge on any atom is -0.490 e. The number of nitrogens with one attached hydrogen (secondary N) is 2. The lowest BCUT2D eigenvalue weighted by atomic mass is 10.1. The maximum Gasteiger partial charge on any atom is 0.255 e. The fourth-order valence-electron chi connectivity index (χ4n) is 3.02. The molecule has 2 N–H and O–H groups in total. The van der Waals surface area contributed by atoms with Gasteiger partial charge in [0.1, 0.15) is 5.82 Å². The monoisotopic (exact) mass is 483 g/mol. The maximum absolute atomic E-state index is 12.8. The van der Waals surface area contributed by atoms with E-state index >= 15 is 0 Å². The van der Waals surface area contributed by atoms with Crippen LogP contribution in [-0.2, 0) is 6.42 Å². The van der Waals surface area contributed by atoms with Crippen LogP contribution in [0.3, 0.4) is 0 Å². The van der Waals surface area contributed by atoms with Crippen molar-refractivity contribution in [2.75, 3.05) is 25.1 Å². The van der Waals surface area contributed by atoms with Crippen LogP contribution in [0.15, 0.2) is 65.3 Å². The lowest BCUT2D eigenvalue weighted by Crippen LogP contribution is -2.26. The number of rotatable bonds is 10. The number of carbonyl (C=O) groups excluding carboxylic acids is 1. The highest BCUT2D eigenvalue weighted by atomic mass is 79.9. The lowest BCUT2D eigenvalue weighted by Gasteiger charge is -2.13. The Balaban J connectivity index is 1.62. The fraction of sp³-hybridized carbons (Fsp3) is 0.250. The van der Waals surface area contributed by atoms with E-state index in [-0.39, 0.29) is 5.91 Å². The zero-order valence-electron chi connectivity index (χ0n) is 17.7. The van der Waals surface area contributed by atoms with Crippen molar-refractivity contribution in [3.05, 3.63) is 76.4 Å². The summed E-state index contributed by atoms with van der Waals surface area (Å²) in [5, 5.41) is 6.18. The standard InChI is InChI=1S/C24H26BrN3O3/c1-3-30-21-12-7-17(16-22(21)31-4-2)13-15-27-24(29)20-6-5-14-26-23(20)28-19-10-8-18(25)9-11-19/h5-12,14,16H,3-4,13,15H2,1-2H3,(H,26,28)(H,27,29). The van der Waals surface area contributed by atoms with Crippen LogP contribution < -0.4 is 20.1 Å². The van der Waals surface area contributed by atoms with Crippen LogP contribution >= 0.6 is 15.9 Å². The minimum absolute atomic E-state index is 0.177. The predicted molar refractivity (Wildman–Crippen MR) is 126 cm³/mol. The van der Waals surface area contributed by atoms with Gasteiger partial charge in [-0.25, -0.2) is 4.98 Å². The number of aromatic nitrogens is 1. The van der Waals surface area contributed by atoms with E-state index in [9.17, 15) is 4.79 Å². The third kappa shape index (κ3) is 6.46. The molecule has 7 heteroatoms. The number of pyridine rings is 1. The van der Waals surface area contributed by atoms with E-state index in [1.807, 2.05) is 56.3 Å². The van der Waals surface area contributed by atoms with Crippen LogP contribution in [0.25, 0.3) is 0 Å². The number of carbonyl (C=O) groups is 1. The Hall–Kier alpha value is -3.06. The number of halogens is 1. The molecule has 6 nitrogen and oxygen atoms in total. The van der Waals surface area contributed by atoms with Gasteiger partial charge in [0.05, 0.1) is 18.8 Å². The molecular weight excluding hydrogens is 458 g/mol. The molecule has 0 spiro atoms. The Labute approximate surface area is 191 Å². The first-order chi connectivity index (χ1) is 15.1. The highest BCUT2D eigenvalue weighted by Gasteiger charge is 2.13. The first kappa shape index (κ1) is 22.6. The van der Waals surface area contributed by atoms with Gasteiger partial charge in [0, 0.05) is 22.9 Å². The number of anilines is 2. The predicted octanol–water partition coefficient (Wildman–Crippen LogP) is 5.36. The van der Waals surface area contributed by atoms with Crippen molar-refractivity contribution in [3.8, 4) is 11.5 Å². The van der Waals surface area contributed by atoms with Gasteiger partial charge in [-0.2, -0.15) is 0 Å². The summed E-state index contributed by atoms with van der Waals surface area (Å²) in [6, 6.07) is 17.1. The SMILES string of the molecule is CCOc1ccc(CCNC(=O)c2cccnc2Nc2ccc(Br)cc2)cc1OCC. The van der Waals surface area contributed by atoms with Gasteiger partial charge >= 0.3 is 0 Å². The van der Waals surface area contributed by atoms with Crippen LogP contribution in [0.5, 0.6) is 11.5 Å². The second-order valence-corrected chi connectivity index (χ2v) is 7.60. The zero-order chi connectivity index (χ0) is 22.1. The third-order valence-electron chi connectivity index (χ3n) is 4.47. The summed E-state index contributed by atoms with van der Waals surface area (Å²) in [7, 11) is 0. The topological polar surface area (TPSA) is 72.5 Å². The molecular formula is C24H26BrN3O3. The Kier molecular flexibility index (Phi) is 8.29. The Morgan fingerprint density at radius 2 is 1.74 bits per heavy atom.